The number of hydrogen-bond donors (Lipinski definition) is 2. The molecule has 6 N–H and O–H groups in total. The molecule has 0 heterocycles. The van der Waals surface area contributed by atoms with Gasteiger partial charge in [-0.1, -0.05) is 13.8 Å². The van der Waals surface area contributed by atoms with Gasteiger partial charge in [-0.05, 0) is 12.8 Å². The minimum Gasteiger partial charge on any atom is -0.377 e. The standard InChI is InChI=1S/C8H20O3Si.2H3N/c1-6-8(7-2)12(9-3,10-4)11-5;;/h8H,6-7H2,1-5H3;2*1H3. The molecule has 0 radical (unpaired) electrons. The molecule has 5 nitrogen and oxygen atoms in total. The second kappa shape index (κ2) is 9.57. The van der Waals surface area contributed by atoms with Gasteiger partial charge >= 0.3 is 8.80 Å². The molecule has 0 aliphatic carbocycles. The molecular weight excluding hydrogens is 200 g/mol. The van der Waals surface area contributed by atoms with Crippen LogP contribution in [0.4, 0.5) is 0 Å². The van der Waals surface area contributed by atoms with Crippen LogP contribution < -0.4 is 12.3 Å². The van der Waals surface area contributed by atoms with Gasteiger partial charge in [0.15, 0.2) is 0 Å². The van der Waals surface area contributed by atoms with E-state index in [1.807, 2.05) is 0 Å². The summed E-state index contributed by atoms with van der Waals surface area (Å²) in [6.07, 6.45) is 2.08. The lowest BCUT2D eigenvalue weighted by atomic mass is 10.3. The zero-order valence-electron chi connectivity index (χ0n) is 10.1. The van der Waals surface area contributed by atoms with Gasteiger partial charge in [0.25, 0.3) is 0 Å². The average Bonchev–Trinajstić information content (AvgIpc) is 2.14. The van der Waals surface area contributed by atoms with Crippen molar-refractivity contribution < 1.29 is 13.3 Å². The number of hydrogen-bond acceptors (Lipinski definition) is 5. The van der Waals surface area contributed by atoms with Gasteiger partial charge < -0.3 is 25.6 Å². The van der Waals surface area contributed by atoms with E-state index in [0.717, 1.165) is 12.8 Å². The minimum atomic E-state index is -2.35. The fraction of sp³-hybridized carbons (Fsp3) is 1.00. The second-order valence-corrected chi connectivity index (χ2v) is 5.98. The van der Waals surface area contributed by atoms with Gasteiger partial charge in [-0.2, -0.15) is 0 Å². The van der Waals surface area contributed by atoms with Crippen molar-refractivity contribution in [2.75, 3.05) is 21.3 Å². The molecule has 0 aromatic rings. The van der Waals surface area contributed by atoms with Crippen LogP contribution in [0.15, 0.2) is 0 Å². The Bertz CT molecular complexity index is 111. The normalized spacial score (nSPS) is 10.7. The molecule has 0 unspecified atom stereocenters. The lowest BCUT2D eigenvalue weighted by Crippen LogP contribution is -2.47. The van der Waals surface area contributed by atoms with Crippen LogP contribution in [0.25, 0.3) is 0 Å². The van der Waals surface area contributed by atoms with E-state index in [0.29, 0.717) is 5.54 Å². The van der Waals surface area contributed by atoms with Crippen molar-refractivity contribution in [1.82, 2.24) is 12.3 Å². The molecule has 0 rings (SSSR count). The van der Waals surface area contributed by atoms with Crippen LogP contribution >= 0.6 is 0 Å². The zero-order chi connectivity index (χ0) is 9.61. The van der Waals surface area contributed by atoms with Gasteiger partial charge in [0.1, 0.15) is 0 Å². The third kappa shape index (κ3) is 4.03. The van der Waals surface area contributed by atoms with Crippen molar-refractivity contribution in [3.63, 3.8) is 0 Å². The first-order valence-electron chi connectivity index (χ1n) is 4.36. The van der Waals surface area contributed by atoms with E-state index in [1.54, 1.807) is 21.3 Å². The summed E-state index contributed by atoms with van der Waals surface area (Å²) in [6, 6.07) is 0. The van der Waals surface area contributed by atoms with E-state index >= 15 is 0 Å². The summed E-state index contributed by atoms with van der Waals surface area (Å²) in [5, 5.41) is 0. The predicted octanol–water partition coefficient (Wildman–Crippen LogP) is 2.38. The first kappa shape index (κ1) is 19.6. The SMILES string of the molecule is CCC(CC)[Si](OC)(OC)OC.N.N. The summed E-state index contributed by atoms with van der Waals surface area (Å²) in [5.74, 6) is 0. The quantitative estimate of drug-likeness (QED) is 0.678. The van der Waals surface area contributed by atoms with Crippen LogP contribution in [0.2, 0.25) is 5.54 Å². The van der Waals surface area contributed by atoms with E-state index < -0.39 is 8.80 Å². The topological polar surface area (TPSA) is 97.7 Å². The summed E-state index contributed by atoms with van der Waals surface area (Å²) < 4.78 is 16.1. The highest BCUT2D eigenvalue weighted by Crippen LogP contribution is 2.29. The van der Waals surface area contributed by atoms with Crippen LogP contribution in [0.1, 0.15) is 26.7 Å². The van der Waals surface area contributed by atoms with Crippen molar-refractivity contribution in [2.24, 2.45) is 0 Å². The second-order valence-electron chi connectivity index (χ2n) is 2.73. The molecule has 0 atom stereocenters. The van der Waals surface area contributed by atoms with E-state index in [9.17, 15) is 0 Å². The summed E-state index contributed by atoms with van der Waals surface area (Å²) in [5.41, 5.74) is 0.414. The summed E-state index contributed by atoms with van der Waals surface area (Å²) in [4.78, 5) is 0. The van der Waals surface area contributed by atoms with Gasteiger partial charge in [-0.25, -0.2) is 0 Å². The maximum absolute atomic E-state index is 5.37. The van der Waals surface area contributed by atoms with Crippen LogP contribution in [0.5, 0.6) is 0 Å². The maximum atomic E-state index is 5.37. The largest absolute Gasteiger partial charge is 0.503 e. The van der Waals surface area contributed by atoms with E-state index in [4.69, 9.17) is 13.3 Å². The van der Waals surface area contributed by atoms with Gasteiger partial charge in [0.2, 0.25) is 0 Å². The fourth-order valence-corrected chi connectivity index (χ4v) is 4.04. The Morgan fingerprint density at radius 3 is 1.21 bits per heavy atom. The Hall–Kier alpha value is 0.0169. The van der Waals surface area contributed by atoms with Crippen LogP contribution in [-0.4, -0.2) is 30.1 Å². The van der Waals surface area contributed by atoms with E-state index in [1.165, 1.54) is 0 Å². The summed E-state index contributed by atoms with van der Waals surface area (Å²) in [6.45, 7) is 4.26. The molecule has 0 aromatic heterocycles. The van der Waals surface area contributed by atoms with Gasteiger partial charge in [-0.15, -0.1) is 0 Å². The Kier molecular flexibility index (Phi) is 13.4. The summed E-state index contributed by atoms with van der Waals surface area (Å²) >= 11 is 0. The molecule has 0 aliphatic heterocycles. The molecule has 14 heavy (non-hydrogen) atoms. The maximum Gasteiger partial charge on any atom is 0.503 e. The molecule has 0 bridgehead atoms. The highest BCUT2D eigenvalue weighted by Gasteiger charge is 2.44. The lowest BCUT2D eigenvalue weighted by Gasteiger charge is -2.31. The fourth-order valence-electron chi connectivity index (χ4n) is 1.54. The highest BCUT2D eigenvalue weighted by molar-refractivity contribution is 6.62. The number of rotatable bonds is 6. The van der Waals surface area contributed by atoms with Crippen LogP contribution in [-0.2, 0) is 13.3 Å². The third-order valence-corrected chi connectivity index (χ3v) is 5.86. The Labute approximate surface area is 88.7 Å². The van der Waals surface area contributed by atoms with E-state index in [-0.39, 0.29) is 12.3 Å². The Morgan fingerprint density at radius 2 is 1.14 bits per heavy atom. The predicted molar refractivity (Wildman–Crippen MR) is 61.2 cm³/mol. The molecule has 6 heteroatoms. The molecule has 0 amide bonds. The average molecular weight is 226 g/mol. The first-order valence-corrected chi connectivity index (χ1v) is 6.16. The van der Waals surface area contributed by atoms with E-state index in [2.05, 4.69) is 13.8 Å². The molecule has 0 saturated carbocycles. The van der Waals surface area contributed by atoms with Gasteiger partial charge in [-0.3, -0.25) is 0 Å². The Morgan fingerprint density at radius 1 is 0.857 bits per heavy atom. The smallest absolute Gasteiger partial charge is 0.377 e. The first-order chi connectivity index (χ1) is 5.70. The van der Waals surface area contributed by atoms with Crippen molar-refractivity contribution in [3.05, 3.63) is 0 Å². The summed E-state index contributed by atoms with van der Waals surface area (Å²) in [7, 11) is 2.65. The molecule has 0 fully saturated rings. The van der Waals surface area contributed by atoms with Crippen molar-refractivity contribution in [1.29, 1.82) is 0 Å². The third-order valence-electron chi connectivity index (χ3n) is 2.34. The van der Waals surface area contributed by atoms with Crippen molar-refractivity contribution in [2.45, 2.75) is 32.2 Å². The van der Waals surface area contributed by atoms with Crippen LogP contribution in [0.3, 0.4) is 0 Å². The molecule has 90 valence electrons. The molecule has 0 aromatic carbocycles. The molecule has 0 spiro atoms. The van der Waals surface area contributed by atoms with Gasteiger partial charge in [0, 0.05) is 26.9 Å². The zero-order valence-corrected chi connectivity index (χ0v) is 11.1. The molecule has 0 saturated heterocycles. The lowest BCUT2D eigenvalue weighted by molar-refractivity contribution is 0.109. The molecular formula is C8H26N2O3Si. The minimum absolute atomic E-state index is 0. The molecule has 0 aliphatic rings. The monoisotopic (exact) mass is 226 g/mol. The van der Waals surface area contributed by atoms with Crippen molar-refractivity contribution >= 4 is 8.80 Å². The van der Waals surface area contributed by atoms with Crippen LogP contribution in [0, 0.1) is 0 Å². The van der Waals surface area contributed by atoms with Crippen molar-refractivity contribution in [3.8, 4) is 0 Å². The highest BCUT2D eigenvalue weighted by atomic mass is 28.4. The van der Waals surface area contributed by atoms with Gasteiger partial charge in [0.05, 0.1) is 0 Å². The Balaban J connectivity index is -0.000000605.